The van der Waals surface area contributed by atoms with Crippen LogP contribution in [0.5, 0.6) is 5.75 Å². The van der Waals surface area contributed by atoms with Gasteiger partial charge in [-0.1, -0.05) is 28.1 Å². The van der Waals surface area contributed by atoms with Gasteiger partial charge in [-0.25, -0.2) is 9.40 Å². The predicted molar refractivity (Wildman–Crippen MR) is 104 cm³/mol. The van der Waals surface area contributed by atoms with Crippen molar-refractivity contribution in [3.63, 3.8) is 0 Å². The molecule has 0 fully saturated rings. The second-order valence-electron chi connectivity index (χ2n) is 6.59. The Labute approximate surface area is 164 Å². The van der Waals surface area contributed by atoms with E-state index in [2.05, 4.69) is 27.0 Å². The molecule has 0 N–H and O–H groups in total. The maximum absolute atomic E-state index is 13.3. The van der Waals surface area contributed by atoms with Crippen LogP contribution < -0.4 is 4.74 Å². The van der Waals surface area contributed by atoms with Crippen molar-refractivity contribution in [2.24, 2.45) is 5.10 Å². The standard InChI is InChI=1S/C21H15BrFN3O/c22-15-3-6-20-17(11-15)19-12-18(13-1-4-16(23)5-2-13)25-26(19)21(27-20)14-7-9-24-10-8-14/h1-11,19,21H,12H2/t19-,21+/m1/s1. The molecule has 0 spiro atoms. The number of rotatable bonds is 2. The summed E-state index contributed by atoms with van der Waals surface area (Å²) in [5.41, 5.74) is 3.94. The number of nitrogens with zero attached hydrogens (tertiary/aromatic N) is 3. The molecule has 2 aliphatic rings. The highest BCUT2D eigenvalue weighted by Crippen LogP contribution is 2.48. The van der Waals surface area contributed by atoms with Crippen LogP contribution in [-0.4, -0.2) is 15.7 Å². The van der Waals surface area contributed by atoms with Crippen molar-refractivity contribution in [1.82, 2.24) is 9.99 Å². The van der Waals surface area contributed by atoms with Gasteiger partial charge in [0.2, 0.25) is 6.23 Å². The van der Waals surface area contributed by atoms with Crippen molar-refractivity contribution in [1.29, 1.82) is 0 Å². The van der Waals surface area contributed by atoms with Gasteiger partial charge in [0, 0.05) is 34.4 Å². The molecular weight excluding hydrogens is 409 g/mol. The number of hydrazone groups is 1. The second kappa shape index (κ2) is 6.46. The summed E-state index contributed by atoms with van der Waals surface area (Å²) in [5, 5.41) is 6.87. The van der Waals surface area contributed by atoms with Crippen molar-refractivity contribution >= 4 is 21.6 Å². The van der Waals surface area contributed by atoms with E-state index >= 15 is 0 Å². The molecule has 4 nitrogen and oxygen atoms in total. The third-order valence-corrected chi connectivity index (χ3v) is 5.41. The maximum atomic E-state index is 13.3. The number of hydrogen-bond acceptors (Lipinski definition) is 4. The van der Waals surface area contributed by atoms with Crippen LogP contribution in [0.15, 0.2) is 76.6 Å². The Bertz CT molecular complexity index is 1020. The van der Waals surface area contributed by atoms with Crippen molar-refractivity contribution in [3.8, 4) is 5.75 Å². The Morgan fingerprint density at radius 1 is 1.04 bits per heavy atom. The molecule has 134 valence electrons. The number of ether oxygens (including phenoxy) is 1. The van der Waals surface area contributed by atoms with Crippen molar-refractivity contribution < 1.29 is 9.13 Å². The molecule has 2 aromatic carbocycles. The minimum Gasteiger partial charge on any atom is -0.464 e. The van der Waals surface area contributed by atoms with Gasteiger partial charge in [0.1, 0.15) is 11.6 Å². The minimum atomic E-state index is -0.329. The second-order valence-corrected chi connectivity index (χ2v) is 7.50. The van der Waals surface area contributed by atoms with E-state index in [0.29, 0.717) is 0 Å². The number of benzene rings is 2. The highest BCUT2D eigenvalue weighted by atomic mass is 79.9. The monoisotopic (exact) mass is 423 g/mol. The van der Waals surface area contributed by atoms with E-state index in [1.54, 1.807) is 24.5 Å². The lowest BCUT2D eigenvalue weighted by Crippen LogP contribution is -2.33. The molecule has 0 radical (unpaired) electrons. The van der Waals surface area contributed by atoms with Gasteiger partial charge in [-0.05, 0) is 48.0 Å². The Morgan fingerprint density at radius 3 is 2.59 bits per heavy atom. The normalized spacial score (nSPS) is 20.5. The number of aromatic nitrogens is 1. The Kier molecular flexibility index (Phi) is 3.93. The summed E-state index contributed by atoms with van der Waals surface area (Å²) in [6.45, 7) is 0. The molecule has 3 heterocycles. The van der Waals surface area contributed by atoms with E-state index in [-0.39, 0.29) is 18.1 Å². The number of pyridine rings is 1. The molecule has 0 saturated heterocycles. The first-order valence-corrected chi connectivity index (χ1v) is 9.46. The summed E-state index contributed by atoms with van der Waals surface area (Å²) in [5.74, 6) is 0.610. The van der Waals surface area contributed by atoms with Gasteiger partial charge in [-0.2, -0.15) is 5.10 Å². The van der Waals surface area contributed by atoms with Crippen molar-refractivity contribution in [2.45, 2.75) is 18.7 Å². The van der Waals surface area contributed by atoms with Crippen molar-refractivity contribution in [3.05, 3.63) is 94.0 Å². The third-order valence-electron chi connectivity index (χ3n) is 4.92. The maximum Gasteiger partial charge on any atom is 0.213 e. The molecule has 27 heavy (non-hydrogen) atoms. The summed E-state index contributed by atoms with van der Waals surface area (Å²) in [4.78, 5) is 4.10. The Morgan fingerprint density at radius 2 is 1.81 bits per heavy atom. The molecule has 0 aliphatic carbocycles. The molecule has 0 bridgehead atoms. The summed E-state index contributed by atoms with van der Waals surface area (Å²) in [7, 11) is 0. The molecule has 2 atom stereocenters. The number of fused-ring (bicyclic) bond motifs is 3. The van der Waals surface area contributed by atoms with E-state index in [0.717, 1.165) is 39.0 Å². The minimum absolute atomic E-state index is 0.0597. The molecule has 3 aromatic rings. The fraction of sp³-hybridized carbons (Fsp3) is 0.143. The summed E-state index contributed by atoms with van der Waals surface area (Å²) < 4.78 is 20.6. The third kappa shape index (κ3) is 2.90. The Hall–Kier alpha value is -2.73. The van der Waals surface area contributed by atoms with Gasteiger partial charge in [-0.3, -0.25) is 4.98 Å². The van der Waals surface area contributed by atoms with Crippen LogP contribution in [0.3, 0.4) is 0 Å². The van der Waals surface area contributed by atoms with Crippen LogP contribution in [-0.2, 0) is 0 Å². The van der Waals surface area contributed by atoms with E-state index < -0.39 is 0 Å². The number of hydrogen-bond donors (Lipinski definition) is 0. The fourth-order valence-electron chi connectivity index (χ4n) is 3.62. The van der Waals surface area contributed by atoms with E-state index in [1.807, 2.05) is 29.3 Å². The smallest absolute Gasteiger partial charge is 0.213 e. The molecular formula is C21H15BrFN3O. The lowest BCUT2D eigenvalue weighted by Gasteiger charge is -2.38. The molecule has 1 aromatic heterocycles. The van der Waals surface area contributed by atoms with Crippen LogP contribution in [0.4, 0.5) is 4.39 Å². The first-order valence-electron chi connectivity index (χ1n) is 8.67. The first kappa shape index (κ1) is 16.4. The lowest BCUT2D eigenvalue weighted by atomic mass is 9.96. The van der Waals surface area contributed by atoms with Crippen molar-refractivity contribution in [2.75, 3.05) is 0 Å². The molecule has 0 saturated carbocycles. The zero-order valence-electron chi connectivity index (χ0n) is 14.2. The van der Waals surface area contributed by atoms with Crippen LogP contribution in [0.1, 0.15) is 35.4 Å². The quantitative estimate of drug-likeness (QED) is 0.566. The van der Waals surface area contributed by atoms with E-state index in [9.17, 15) is 4.39 Å². The Balaban J connectivity index is 1.60. The average Bonchev–Trinajstić information content (AvgIpc) is 3.14. The predicted octanol–water partition coefficient (Wildman–Crippen LogP) is 5.23. The topological polar surface area (TPSA) is 37.7 Å². The molecule has 5 rings (SSSR count). The van der Waals surface area contributed by atoms with Gasteiger partial charge in [0.15, 0.2) is 0 Å². The average molecular weight is 424 g/mol. The molecule has 0 amide bonds. The highest BCUT2D eigenvalue weighted by Gasteiger charge is 2.41. The van der Waals surface area contributed by atoms with Crippen LogP contribution in [0.2, 0.25) is 0 Å². The van der Waals surface area contributed by atoms with Gasteiger partial charge in [-0.15, -0.1) is 0 Å². The summed E-state index contributed by atoms with van der Waals surface area (Å²) >= 11 is 3.55. The summed E-state index contributed by atoms with van der Waals surface area (Å²) in [6.07, 6.45) is 3.92. The fourth-order valence-corrected chi connectivity index (χ4v) is 4.00. The molecule has 6 heteroatoms. The molecule has 2 aliphatic heterocycles. The number of halogens is 2. The van der Waals surface area contributed by atoms with E-state index in [1.165, 1.54) is 12.1 Å². The summed E-state index contributed by atoms with van der Waals surface area (Å²) in [6, 6.07) is 16.5. The van der Waals surface area contributed by atoms with Gasteiger partial charge < -0.3 is 4.74 Å². The zero-order chi connectivity index (χ0) is 18.4. The van der Waals surface area contributed by atoms with Gasteiger partial charge in [0.25, 0.3) is 0 Å². The highest BCUT2D eigenvalue weighted by molar-refractivity contribution is 9.10. The first-order chi connectivity index (χ1) is 13.2. The SMILES string of the molecule is Fc1ccc(C2=NN3[C@H](C2)c2cc(Br)ccc2O[C@H]3c2ccncc2)cc1. The van der Waals surface area contributed by atoms with Crippen LogP contribution >= 0.6 is 15.9 Å². The largest absolute Gasteiger partial charge is 0.464 e. The lowest BCUT2D eigenvalue weighted by molar-refractivity contribution is -0.0191. The molecule has 0 unspecified atom stereocenters. The van der Waals surface area contributed by atoms with Crippen LogP contribution in [0.25, 0.3) is 0 Å². The van der Waals surface area contributed by atoms with E-state index in [4.69, 9.17) is 9.84 Å². The van der Waals surface area contributed by atoms with Gasteiger partial charge >= 0.3 is 0 Å². The van der Waals surface area contributed by atoms with Crippen LogP contribution in [0, 0.1) is 5.82 Å². The zero-order valence-corrected chi connectivity index (χ0v) is 15.8. The van der Waals surface area contributed by atoms with Gasteiger partial charge in [0.05, 0.1) is 11.8 Å².